The van der Waals surface area contributed by atoms with E-state index in [1.165, 1.54) is 5.57 Å². The van der Waals surface area contributed by atoms with Crippen molar-refractivity contribution in [3.05, 3.63) is 11.6 Å². The number of carbonyl (C=O) groups is 1. The third kappa shape index (κ3) is 4.81. The first kappa shape index (κ1) is 35.7. The summed E-state index contributed by atoms with van der Waals surface area (Å²) in [6.07, 6.45) is -3.65. The Bertz CT molecular complexity index is 1270. The van der Waals surface area contributed by atoms with Crippen LogP contribution in [0.4, 0.5) is 0 Å². The highest BCUT2D eigenvalue weighted by Crippen LogP contribution is 2.75. The van der Waals surface area contributed by atoms with Gasteiger partial charge in [-0.1, -0.05) is 53.2 Å². The molecule has 4 saturated carbocycles. The van der Waals surface area contributed by atoms with E-state index in [9.17, 15) is 45.6 Å². The fourth-order valence-corrected chi connectivity index (χ4v) is 12.3. The molecule has 0 radical (unpaired) electrons. The summed E-state index contributed by atoms with van der Waals surface area (Å²) in [6.45, 7) is 11.8. The molecule has 5 aliphatic carbocycles. The van der Waals surface area contributed by atoms with Crippen molar-refractivity contribution in [3.8, 4) is 0 Å². The highest BCUT2D eigenvalue weighted by atomic mass is 16.7. The third-order valence-electron chi connectivity index (χ3n) is 15.1. The summed E-state index contributed by atoms with van der Waals surface area (Å²) in [7, 11) is 0. The zero-order chi connectivity index (χ0) is 34.7. The molecule has 6 rings (SSSR count). The summed E-state index contributed by atoms with van der Waals surface area (Å²) in [4.78, 5) is 14.4. The van der Waals surface area contributed by atoms with Crippen molar-refractivity contribution >= 4 is 5.97 Å². The van der Waals surface area contributed by atoms with Gasteiger partial charge >= 0.3 is 5.97 Å². The normalized spacial score (nSPS) is 55.4. The summed E-state index contributed by atoms with van der Waals surface area (Å²) in [6, 6.07) is 0. The molecule has 0 bridgehead atoms. The van der Waals surface area contributed by atoms with E-state index in [1.54, 1.807) is 6.92 Å². The second-order valence-electron chi connectivity index (χ2n) is 18.0. The van der Waals surface area contributed by atoms with Gasteiger partial charge in [-0.3, -0.25) is 4.79 Å². The van der Waals surface area contributed by atoms with Gasteiger partial charge in [0.25, 0.3) is 0 Å². The number of hydrogen-bond acceptors (Lipinski definition) is 11. The molecule has 0 spiro atoms. The average Bonchev–Trinajstić information content (AvgIpc) is 3.00. The predicted octanol–water partition coefficient (Wildman–Crippen LogP) is 1.41. The Hall–Kier alpha value is -1.15. The van der Waals surface area contributed by atoms with E-state index < -0.39 is 94.6 Å². The molecular weight excluding hydrogens is 608 g/mol. The molecule has 8 N–H and O–H groups in total. The molecule has 268 valence electrons. The Morgan fingerprint density at radius 1 is 0.851 bits per heavy atom. The van der Waals surface area contributed by atoms with Crippen LogP contribution in [0.1, 0.15) is 92.9 Å². The van der Waals surface area contributed by atoms with E-state index in [0.29, 0.717) is 38.5 Å². The minimum absolute atomic E-state index is 0.0374. The number of carbonyl (C=O) groups excluding carboxylic acids is 1. The maximum Gasteiger partial charge on any atom is 0.315 e. The van der Waals surface area contributed by atoms with Crippen molar-refractivity contribution in [1.82, 2.24) is 0 Å². The first-order valence-electron chi connectivity index (χ1n) is 17.6. The lowest BCUT2D eigenvalue weighted by Crippen LogP contribution is -2.71. The summed E-state index contributed by atoms with van der Waals surface area (Å²) in [5.74, 6) is -1.09. The Morgan fingerprint density at radius 3 is 2.15 bits per heavy atom. The lowest BCUT2D eigenvalue weighted by atomic mass is 9.33. The van der Waals surface area contributed by atoms with Gasteiger partial charge in [0.05, 0.1) is 36.9 Å². The Balaban J connectivity index is 1.38. The van der Waals surface area contributed by atoms with Crippen LogP contribution in [0.5, 0.6) is 0 Å². The van der Waals surface area contributed by atoms with Gasteiger partial charge in [0.15, 0.2) is 0 Å². The lowest BCUT2D eigenvalue weighted by molar-refractivity contribution is -0.298. The monoisotopic (exact) mass is 666 g/mol. The first-order chi connectivity index (χ1) is 21.8. The van der Waals surface area contributed by atoms with Crippen LogP contribution in [0, 0.1) is 50.2 Å². The van der Waals surface area contributed by atoms with Crippen molar-refractivity contribution in [2.45, 2.75) is 142 Å². The minimum atomic E-state index is -1.68. The maximum atomic E-state index is 14.4. The molecule has 11 heteroatoms. The van der Waals surface area contributed by atoms with Crippen LogP contribution in [0.25, 0.3) is 0 Å². The second-order valence-corrected chi connectivity index (χ2v) is 18.0. The van der Waals surface area contributed by atoms with Gasteiger partial charge in [-0.2, -0.15) is 0 Å². The quantitative estimate of drug-likeness (QED) is 0.160. The van der Waals surface area contributed by atoms with E-state index >= 15 is 0 Å². The van der Waals surface area contributed by atoms with Crippen molar-refractivity contribution in [2.75, 3.05) is 13.2 Å². The van der Waals surface area contributed by atoms with E-state index in [2.05, 4.69) is 40.7 Å². The molecule has 1 heterocycles. The number of hydrogen-bond donors (Lipinski definition) is 8. The van der Waals surface area contributed by atoms with Crippen LogP contribution >= 0.6 is 0 Å². The number of ether oxygens (including phenoxy) is 2. The standard InChI is InChI=1S/C36H58O11/c1-31(2)9-11-36(30(45)47-29-26(43)25(42)24(41)22(16-37)46-29)12-10-34(5)18(19(36)13-31)7-8-23-32(3)14-21(40)28(44)33(4,17-38)27(32)20(39)15-35(23,34)6/h7,19-29,37-44H,8-17H2,1-6H3. The summed E-state index contributed by atoms with van der Waals surface area (Å²) >= 11 is 0. The minimum Gasteiger partial charge on any atom is -0.432 e. The number of fused-ring (bicyclic) bond motifs is 7. The average molecular weight is 667 g/mol. The SMILES string of the molecule is CC1(C)CCC2(C(=O)OC3OC(CO)C(O)C(O)C3O)CCC3(C)C(=CCC4C5(C)CC(O)C(O)C(C)(CO)C5C(O)CC43C)C2C1. The molecule has 0 amide bonds. The van der Waals surface area contributed by atoms with Gasteiger partial charge in [-0.05, 0) is 84.9 Å². The van der Waals surface area contributed by atoms with E-state index in [-0.39, 0.29) is 23.9 Å². The highest BCUT2D eigenvalue weighted by Gasteiger charge is 2.72. The molecule has 47 heavy (non-hydrogen) atoms. The van der Waals surface area contributed by atoms with Crippen molar-refractivity contribution in [3.63, 3.8) is 0 Å². The van der Waals surface area contributed by atoms with Crippen LogP contribution in [0.3, 0.4) is 0 Å². The molecule has 5 fully saturated rings. The topological polar surface area (TPSA) is 197 Å². The predicted molar refractivity (Wildman–Crippen MR) is 169 cm³/mol. The molecule has 16 atom stereocenters. The number of aliphatic hydroxyl groups excluding tert-OH is 8. The Morgan fingerprint density at radius 2 is 1.51 bits per heavy atom. The lowest BCUT2D eigenvalue weighted by Gasteiger charge is -2.72. The second kappa shape index (κ2) is 11.4. The van der Waals surface area contributed by atoms with E-state index in [4.69, 9.17) is 9.47 Å². The zero-order valence-electron chi connectivity index (χ0n) is 28.8. The van der Waals surface area contributed by atoms with Crippen molar-refractivity contribution in [2.24, 2.45) is 50.2 Å². The zero-order valence-corrected chi connectivity index (χ0v) is 28.8. The summed E-state index contributed by atoms with van der Waals surface area (Å²) < 4.78 is 11.5. The van der Waals surface area contributed by atoms with Crippen LogP contribution < -0.4 is 0 Å². The molecule has 0 aromatic heterocycles. The number of allylic oxidation sites excluding steroid dienone is 2. The van der Waals surface area contributed by atoms with Crippen LogP contribution in [0.2, 0.25) is 0 Å². The van der Waals surface area contributed by atoms with E-state index in [0.717, 1.165) is 12.8 Å². The van der Waals surface area contributed by atoms with Crippen molar-refractivity contribution in [1.29, 1.82) is 0 Å². The number of esters is 1. The molecule has 6 aliphatic rings. The van der Waals surface area contributed by atoms with Gasteiger partial charge in [0.1, 0.15) is 24.4 Å². The third-order valence-corrected chi connectivity index (χ3v) is 15.1. The molecule has 1 saturated heterocycles. The van der Waals surface area contributed by atoms with Crippen LogP contribution in [-0.4, -0.2) is 109 Å². The maximum absolute atomic E-state index is 14.4. The fraction of sp³-hybridized carbons (Fsp3) is 0.917. The van der Waals surface area contributed by atoms with Gasteiger partial charge in [-0.25, -0.2) is 0 Å². The molecule has 0 aromatic rings. The first-order valence-corrected chi connectivity index (χ1v) is 17.6. The smallest absolute Gasteiger partial charge is 0.315 e. The summed E-state index contributed by atoms with van der Waals surface area (Å²) in [5, 5.41) is 85.8. The van der Waals surface area contributed by atoms with Crippen LogP contribution in [-0.2, 0) is 14.3 Å². The van der Waals surface area contributed by atoms with Crippen molar-refractivity contribution < 1.29 is 55.1 Å². The highest BCUT2D eigenvalue weighted by molar-refractivity contribution is 5.79. The summed E-state index contributed by atoms with van der Waals surface area (Å²) in [5.41, 5.74) is -2.27. The van der Waals surface area contributed by atoms with Gasteiger partial charge in [0.2, 0.25) is 6.29 Å². The molecule has 1 aliphatic heterocycles. The molecule has 11 nitrogen and oxygen atoms in total. The number of aliphatic hydroxyl groups is 8. The van der Waals surface area contributed by atoms with Gasteiger partial charge in [-0.15, -0.1) is 0 Å². The Labute approximate surface area is 278 Å². The molecular formula is C36H58O11. The Kier molecular flexibility index (Phi) is 8.68. The van der Waals surface area contributed by atoms with E-state index in [1.807, 2.05) is 0 Å². The molecule has 16 unspecified atom stereocenters. The largest absolute Gasteiger partial charge is 0.432 e. The van der Waals surface area contributed by atoms with Gasteiger partial charge in [0, 0.05) is 11.3 Å². The fourth-order valence-electron chi connectivity index (χ4n) is 12.3. The van der Waals surface area contributed by atoms with Gasteiger partial charge < -0.3 is 50.3 Å². The number of rotatable bonds is 4. The molecule has 0 aromatic carbocycles. The van der Waals surface area contributed by atoms with Crippen LogP contribution in [0.15, 0.2) is 11.6 Å².